The molecule has 0 spiro atoms. The van der Waals surface area contributed by atoms with Crippen molar-refractivity contribution in [2.24, 2.45) is 4.99 Å². The van der Waals surface area contributed by atoms with Gasteiger partial charge in [-0.15, -0.1) is 0 Å². The van der Waals surface area contributed by atoms with E-state index in [9.17, 15) is 0 Å². The van der Waals surface area contributed by atoms with Crippen LogP contribution in [0.1, 0.15) is 40.5 Å². The lowest BCUT2D eigenvalue weighted by Gasteiger charge is -2.05. The molecule has 0 amide bonds. The Morgan fingerprint density at radius 2 is 1.93 bits per heavy atom. The standard InChI is InChI=1S/C10H15NO.C2H6/c1-4-7-11-10(8(2)3)12-9-5-6-9;1-2/h4,7,9H,1,5-6H2,2-3H3;1-2H3/b11-7-;. The number of hydrogen-bond donors (Lipinski definition) is 0. The smallest absolute Gasteiger partial charge is 0.212 e. The Morgan fingerprint density at radius 1 is 1.36 bits per heavy atom. The number of rotatable bonds is 4. The summed E-state index contributed by atoms with van der Waals surface area (Å²) in [5.74, 6) is 0.748. The molecule has 1 saturated carbocycles. The zero-order valence-corrected chi connectivity index (χ0v) is 9.71. The minimum Gasteiger partial charge on any atom is -0.474 e. The minimum absolute atomic E-state index is 0.414. The fraction of sp³-hybridized carbons (Fsp3) is 0.583. The van der Waals surface area contributed by atoms with Gasteiger partial charge < -0.3 is 4.74 Å². The van der Waals surface area contributed by atoms with E-state index in [1.165, 1.54) is 12.8 Å². The van der Waals surface area contributed by atoms with E-state index in [4.69, 9.17) is 4.74 Å². The van der Waals surface area contributed by atoms with Crippen LogP contribution in [0, 0.1) is 0 Å². The molecule has 0 saturated heterocycles. The quantitative estimate of drug-likeness (QED) is 0.495. The van der Waals surface area contributed by atoms with Crippen molar-refractivity contribution < 1.29 is 4.74 Å². The van der Waals surface area contributed by atoms with Crippen LogP contribution in [0.3, 0.4) is 0 Å². The van der Waals surface area contributed by atoms with Gasteiger partial charge in [0, 0.05) is 6.21 Å². The summed E-state index contributed by atoms with van der Waals surface area (Å²) in [7, 11) is 0. The Labute approximate surface area is 87.4 Å². The molecule has 0 N–H and O–H groups in total. The molecule has 2 heteroatoms. The average molecular weight is 195 g/mol. The molecule has 0 aliphatic heterocycles. The van der Waals surface area contributed by atoms with Crippen LogP contribution in [0.4, 0.5) is 0 Å². The second kappa shape index (κ2) is 7.36. The van der Waals surface area contributed by atoms with Gasteiger partial charge in [0.05, 0.1) is 0 Å². The summed E-state index contributed by atoms with van der Waals surface area (Å²) in [5, 5.41) is 0. The van der Waals surface area contributed by atoms with Crippen LogP contribution >= 0.6 is 0 Å². The zero-order valence-electron chi connectivity index (χ0n) is 9.71. The predicted octanol–water partition coefficient (Wildman–Crippen LogP) is 3.70. The highest BCUT2D eigenvalue weighted by Gasteiger charge is 2.24. The average Bonchev–Trinajstić information content (AvgIpc) is 2.98. The molecular formula is C12H21NO. The van der Waals surface area contributed by atoms with Gasteiger partial charge in [-0.1, -0.05) is 26.5 Å². The topological polar surface area (TPSA) is 21.6 Å². The van der Waals surface area contributed by atoms with E-state index in [0.29, 0.717) is 6.10 Å². The first-order chi connectivity index (χ1) is 6.74. The lowest BCUT2D eigenvalue weighted by molar-refractivity contribution is 0.192. The first-order valence-electron chi connectivity index (χ1n) is 5.23. The second-order valence-corrected chi connectivity index (χ2v) is 3.14. The van der Waals surface area contributed by atoms with Gasteiger partial charge >= 0.3 is 0 Å². The Balaban J connectivity index is 0.000000791. The lowest BCUT2D eigenvalue weighted by atomic mass is 10.4. The molecule has 80 valence electrons. The van der Waals surface area contributed by atoms with Crippen LogP contribution in [0.15, 0.2) is 29.1 Å². The van der Waals surface area contributed by atoms with E-state index in [-0.39, 0.29) is 0 Å². The molecule has 1 rings (SSSR count). The van der Waals surface area contributed by atoms with E-state index >= 15 is 0 Å². The molecule has 0 radical (unpaired) electrons. The van der Waals surface area contributed by atoms with Crippen molar-refractivity contribution in [3.8, 4) is 0 Å². The predicted molar refractivity (Wildman–Crippen MR) is 62.5 cm³/mol. The van der Waals surface area contributed by atoms with Crippen LogP contribution in [0.5, 0.6) is 0 Å². The Bertz CT molecular complexity index is 220. The fourth-order valence-electron chi connectivity index (χ4n) is 0.742. The SMILES string of the molecule is C=C/C=N\C(OC1CC1)=C(C)C.CC. The highest BCUT2D eigenvalue weighted by Crippen LogP contribution is 2.27. The van der Waals surface area contributed by atoms with Gasteiger partial charge in [0.15, 0.2) is 0 Å². The van der Waals surface area contributed by atoms with Crippen LogP contribution in [0.2, 0.25) is 0 Å². The summed E-state index contributed by atoms with van der Waals surface area (Å²) in [6.45, 7) is 11.6. The molecule has 0 bridgehead atoms. The van der Waals surface area contributed by atoms with Gasteiger partial charge in [0.25, 0.3) is 0 Å². The molecule has 0 atom stereocenters. The van der Waals surface area contributed by atoms with Crippen molar-refractivity contribution in [2.45, 2.75) is 46.6 Å². The molecule has 2 nitrogen and oxygen atoms in total. The summed E-state index contributed by atoms with van der Waals surface area (Å²) in [6.07, 6.45) is 6.06. The van der Waals surface area contributed by atoms with Crippen molar-refractivity contribution in [3.63, 3.8) is 0 Å². The summed E-state index contributed by atoms with van der Waals surface area (Å²) in [5.41, 5.74) is 1.11. The Kier molecular flexibility index (Phi) is 6.81. The molecule has 0 aromatic rings. The number of nitrogens with zero attached hydrogens (tertiary/aromatic N) is 1. The third-order valence-electron chi connectivity index (χ3n) is 1.53. The highest BCUT2D eigenvalue weighted by molar-refractivity contribution is 5.71. The highest BCUT2D eigenvalue weighted by atomic mass is 16.5. The van der Waals surface area contributed by atoms with Crippen LogP contribution in [0.25, 0.3) is 0 Å². The van der Waals surface area contributed by atoms with Crippen molar-refractivity contribution in [1.29, 1.82) is 0 Å². The first-order valence-corrected chi connectivity index (χ1v) is 5.23. The van der Waals surface area contributed by atoms with Crippen LogP contribution in [-0.2, 0) is 4.74 Å². The Morgan fingerprint density at radius 3 is 2.29 bits per heavy atom. The maximum Gasteiger partial charge on any atom is 0.212 e. The number of hydrogen-bond acceptors (Lipinski definition) is 2. The summed E-state index contributed by atoms with van der Waals surface area (Å²) in [4.78, 5) is 4.14. The van der Waals surface area contributed by atoms with Crippen molar-refractivity contribution >= 4 is 6.21 Å². The van der Waals surface area contributed by atoms with Crippen LogP contribution < -0.4 is 0 Å². The third-order valence-corrected chi connectivity index (χ3v) is 1.53. The third kappa shape index (κ3) is 5.57. The maximum atomic E-state index is 5.56. The lowest BCUT2D eigenvalue weighted by Crippen LogP contribution is -1.94. The van der Waals surface area contributed by atoms with Gasteiger partial charge in [-0.05, 0) is 32.3 Å². The normalized spacial score (nSPS) is 14.3. The van der Waals surface area contributed by atoms with E-state index in [2.05, 4.69) is 11.6 Å². The van der Waals surface area contributed by atoms with E-state index in [0.717, 1.165) is 11.5 Å². The molecule has 1 fully saturated rings. The number of allylic oxidation sites excluding steroid dienone is 2. The maximum absolute atomic E-state index is 5.56. The molecule has 1 aliphatic rings. The van der Waals surface area contributed by atoms with E-state index in [1.54, 1.807) is 12.3 Å². The first kappa shape index (κ1) is 12.9. The molecule has 0 aromatic heterocycles. The Hall–Kier alpha value is -1.05. The van der Waals surface area contributed by atoms with E-state index < -0.39 is 0 Å². The molecule has 14 heavy (non-hydrogen) atoms. The van der Waals surface area contributed by atoms with Gasteiger partial charge in [-0.3, -0.25) is 0 Å². The van der Waals surface area contributed by atoms with Crippen molar-refractivity contribution in [1.82, 2.24) is 0 Å². The van der Waals surface area contributed by atoms with Gasteiger partial charge in [-0.2, -0.15) is 0 Å². The summed E-state index contributed by atoms with van der Waals surface area (Å²) >= 11 is 0. The molecule has 0 unspecified atom stereocenters. The molecule has 0 heterocycles. The summed E-state index contributed by atoms with van der Waals surface area (Å²) < 4.78 is 5.56. The van der Waals surface area contributed by atoms with Gasteiger partial charge in [0.2, 0.25) is 5.88 Å². The summed E-state index contributed by atoms with van der Waals surface area (Å²) in [6, 6.07) is 0. The van der Waals surface area contributed by atoms with Crippen molar-refractivity contribution in [3.05, 3.63) is 24.1 Å². The van der Waals surface area contributed by atoms with E-state index in [1.807, 2.05) is 27.7 Å². The zero-order chi connectivity index (χ0) is 11.0. The number of aliphatic imine (C=N–C) groups is 1. The van der Waals surface area contributed by atoms with Crippen molar-refractivity contribution in [2.75, 3.05) is 0 Å². The molecule has 1 aliphatic carbocycles. The monoisotopic (exact) mass is 195 g/mol. The minimum atomic E-state index is 0.414. The second-order valence-electron chi connectivity index (χ2n) is 3.14. The molecule has 0 aromatic carbocycles. The fourth-order valence-corrected chi connectivity index (χ4v) is 0.742. The van der Waals surface area contributed by atoms with Gasteiger partial charge in [-0.25, -0.2) is 4.99 Å². The molecular weight excluding hydrogens is 174 g/mol. The van der Waals surface area contributed by atoms with Gasteiger partial charge in [0.1, 0.15) is 6.10 Å². The van der Waals surface area contributed by atoms with Crippen LogP contribution in [-0.4, -0.2) is 12.3 Å². The largest absolute Gasteiger partial charge is 0.474 e. The number of ether oxygens (including phenoxy) is 1.